The molecule has 1 atom stereocenters. The molecule has 0 amide bonds. The van der Waals surface area contributed by atoms with Gasteiger partial charge in [0.25, 0.3) is 0 Å². The smallest absolute Gasteiger partial charge is 0.147 e. The van der Waals surface area contributed by atoms with Gasteiger partial charge in [0.1, 0.15) is 5.78 Å². The molecule has 0 fully saturated rings. The topological polar surface area (TPSA) is 43.1 Å². The van der Waals surface area contributed by atoms with E-state index in [9.17, 15) is 4.79 Å². The van der Waals surface area contributed by atoms with Gasteiger partial charge in [-0.25, -0.2) is 0 Å². The van der Waals surface area contributed by atoms with Gasteiger partial charge in [-0.3, -0.25) is 4.79 Å². The highest BCUT2D eigenvalue weighted by atomic mass is 79.9. The molecular weight excluding hydrogens is 298 g/mol. The van der Waals surface area contributed by atoms with Gasteiger partial charge in [0.2, 0.25) is 0 Å². The molecule has 2 nitrogen and oxygen atoms in total. The fourth-order valence-corrected chi connectivity index (χ4v) is 1.77. The number of carbonyl (C=O) groups is 1. The van der Waals surface area contributed by atoms with Gasteiger partial charge in [0.05, 0.1) is 10.5 Å². The van der Waals surface area contributed by atoms with Gasteiger partial charge >= 0.3 is 0 Å². The van der Waals surface area contributed by atoms with Gasteiger partial charge in [-0.2, -0.15) is 0 Å². The summed E-state index contributed by atoms with van der Waals surface area (Å²) in [6.07, 6.45) is 0. The molecular formula is C9H9Br2NO. The molecule has 0 saturated heterocycles. The summed E-state index contributed by atoms with van der Waals surface area (Å²) in [5.41, 5.74) is 7.21. The number of anilines is 1. The number of benzene rings is 1. The van der Waals surface area contributed by atoms with E-state index in [1.807, 2.05) is 18.2 Å². The van der Waals surface area contributed by atoms with Crippen LogP contribution < -0.4 is 5.73 Å². The fourth-order valence-electron chi connectivity index (χ4n) is 0.994. The molecule has 0 spiro atoms. The predicted octanol–water partition coefficient (Wildman–Crippen LogP) is 3.06. The van der Waals surface area contributed by atoms with Crippen molar-refractivity contribution in [2.45, 2.75) is 11.8 Å². The standard InChI is InChI=1S/C9H9Br2NO/c1-5(13)8(11)6-3-2-4-7(10)9(6)12/h2-4,8H,12H2,1H3. The van der Waals surface area contributed by atoms with Crippen LogP contribution in [0.1, 0.15) is 17.3 Å². The Kier molecular flexibility index (Phi) is 3.50. The average Bonchev–Trinajstić information content (AvgIpc) is 2.08. The van der Waals surface area contributed by atoms with Crippen LogP contribution in [0.25, 0.3) is 0 Å². The molecule has 2 N–H and O–H groups in total. The molecule has 0 bridgehead atoms. The van der Waals surface area contributed by atoms with Gasteiger partial charge in [-0.15, -0.1) is 0 Å². The molecule has 1 rings (SSSR count). The number of ketones is 1. The molecule has 0 saturated carbocycles. The Morgan fingerprint density at radius 1 is 1.54 bits per heavy atom. The number of nitrogens with two attached hydrogens (primary N) is 1. The van der Waals surface area contributed by atoms with Crippen LogP contribution in [0.4, 0.5) is 5.69 Å². The monoisotopic (exact) mass is 305 g/mol. The van der Waals surface area contributed by atoms with E-state index < -0.39 is 0 Å². The van der Waals surface area contributed by atoms with E-state index in [1.165, 1.54) is 6.92 Å². The number of para-hydroxylation sites is 1. The summed E-state index contributed by atoms with van der Waals surface area (Å²) < 4.78 is 0.815. The second-order valence-corrected chi connectivity index (χ2v) is 4.49. The molecule has 0 aliphatic rings. The zero-order valence-electron chi connectivity index (χ0n) is 7.05. The summed E-state index contributed by atoms with van der Waals surface area (Å²) in [6.45, 7) is 1.53. The number of hydrogen-bond donors (Lipinski definition) is 1. The first-order valence-corrected chi connectivity index (χ1v) is 5.43. The Morgan fingerprint density at radius 3 is 2.69 bits per heavy atom. The minimum atomic E-state index is -0.315. The van der Waals surface area contributed by atoms with Gasteiger partial charge in [-0.05, 0) is 34.5 Å². The van der Waals surface area contributed by atoms with Crippen LogP contribution in [-0.2, 0) is 4.79 Å². The second-order valence-electron chi connectivity index (χ2n) is 2.72. The van der Waals surface area contributed by atoms with Crippen molar-refractivity contribution < 1.29 is 4.79 Å². The third-order valence-electron chi connectivity index (χ3n) is 1.72. The van der Waals surface area contributed by atoms with Crippen LogP contribution in [-0.4, -0.2) is 5.78 Å². The Balaban J connectivity index is 3.15. The van der Waals surface area contributed by atoms with Gasteiger partial charge < -0.3 is 5.73 Å². The third-order valence-corrected chi connectivity index (χ3v) is 3.55. The molecule has 1 aromatic carbocycles. The maximum absolute atomic E-state index is 11.1. The largest absolute Gasteiger partial charge is 0.398 e. The Hall–Kier alpha value is -0.350. The van der Waals surface area contributed by atoms with Gasteiger partial charge in [0.15, 0.2) is 0 Å². The zero-order valence-corrected chi connectivity index (χ0v) is 10.2. The molecule has 0 heterocycles. The van der Waals surface area contributed by atoms with Crippen molar-refractivity contribution in [3.63, 3.8) is 0 Å². The highest BCUT2D eigenvalue weighted by molar-refractivity contribution is 9.10. The Bertz CT molecular complexity index is 338. The van der Waals surface area contributed by atoms with Crippen LogP contribution in [0, 0.1) is 0 Å². The summed E-state index contributed by atoms with van der Waals surface area (Å²) in [5.74, 6) is 0.0461. The zero-order chi connectivity index (χ0) is 10.0. The van der Waals surface area contributed by atoms with Gasteiger partial charge in [0, 0.05) is 4.47 Å². The van der Waals surface area contributed by atoms with E-state index in [2.05, 4.69) is 31.9 Å². The molecule has 1 aromatic rings. The van der Waals surface area contributed by atoms with Crippen LogP contribution in [0.5, 0.6) is 0 Å². The molecule has 0 aliphatic carbocycles. The van der Waals surface area contributed by atoms with Crippen molar-refractivity contribution in [2.24, 2.45) is 0 Å². The molecule has 4 heteroatoms. The number of alkyl halides is 1. The number of carbonyl (C=O) groups excluding carboxylic acids is 1. The molecule has 13 heavy (non-hydrogen) atoms. The highest BCUT2D eigenvalue weighted by Gasteiger charge is 2.16. The van der Waals surface area contributed by atoms with E-state index in [0.29, 0.717) is 5.69 Å². The lowest BCUT2D eigenvalue weighted by molar-refractivity contribution is -0.116. The summed E-state index contributed by atoms with van der Waals surface area (Å²) in [5, 5.41) is 0. The first-order chi connectivity index (χ1) is 6.04. The normalized spacial score (nSPS) is 12.5. The maximum Gasteiger partial charge on any atom is 0.147 e. The van der Waals surface area contributed by atoms with Crippen LogP contribution in [0.2, 0.25) is 0 Å². The summed E-state index contributed by atoms with van der Waals surface area (Å²) in [4.78, 5) is 10.8. The molecule has 0 aliphatic heterocycles. The molecule has 70 valence electrons. The van der Waals surface area contributed by atoms with Crippen molar-refractivity contribution >= 4 is 43.3 Å². The number of rotatable bonds is 2. The fraction of sp³-hybridized carbons (Fsp3) is 0.222. The van der Waals surface area contributed by atoms with Crippen LogP contribution in [0.3, 0.4) is 0 Å². The number of hydrogen-bond acceptors (Lipinski definition) is 2. The average molecular weight is 307 g/mol. The van der Waals surface area contributed by atoms with E-state index in [0.717, 1.165) is 10.0 Å². The Labute approximate surface area is 93.8 Å². The second kappa shape index (κ2) is 4.24. The molecule has 1 unspecified atom stereocenters. The highest BCUT2D eigenvalue weighted by Crippen LogP contribution is 2.32. The van der Waals surface area contributed by atoms with E-state index in [-0.39, 0.29) is 10.6 Å². The summed E-state index contributed by atoms with van der Waals surface area (Å²) in [6, 6.07) is 5.53. The van der Waals surface area contributed by atoms with Crippen LogP contribution in [0.15, 0.2) is 22.7 Å². The van der Waals surface area contributed by atoms with Crippen molar-refractivity contribution in [1.82, 2.24) is 0 Å². The minimum absolute atomic E-state index is 0.0461. The van der Waals surface area contributed by atoms with E-state index >= 15 is 0 Å². The quantitative estimate of drug-likeness (QED) is 0.674. The van der Waals surface area contributed by atoms with E-state index in [1.54, 1.807) is 0 Å². The lowest BCUT2D eigenvalue weighted by Gasteiger charge is -2.10. The lowest BCUT2D eigenvalue weighted by Crippen LogP contribution is -2.04. The van der Waals surface area contributed by atoms with Crippen molar-refractivity contribution in [1.29, 1.82) is 0 Å². The summed E-state index contributed by atoms with van der Waals surface area (Å²) in [7, 11) is 0. The number of Topliss-reactive ketones (excluding diaryl/α,β-unsaturated/α-hetero) is 1. The SMILES string of the molecule is CC(=O)C(Br)c1cccc(Br)c1N. The molecule has 0 radical (unpaired) electrons. The van der Waals surface area contributed by atoms with Crippen molar-refractivity contribution in [3.8, 4) is 0 Å². The minimum Gasteiger partial charge on any atom is -0.398 e. The Morgan fingerprint density at radius 2 is 2.15 bits per heavy atom. The third kappa shape index (κ3) is 2.31. The van der Waals surface area contributed by atoms with Crippen LogP contribution >= 0.6 is 31.9 Å². The predicted molar refractivity (Wildman–Crippen MR) is 60.9 cm³/mol. The van der Waals surface area contributed by atoms with Crippen molar-refractivity contribution in [3.05, 3.63) is 28.2 Å². The summed E-state index contributed by atoms with van der Waals surface area (Å²) >= 11 is 6.59. The molecule has 0 aromatic heterocycles. The number of halogens is 2. The maximum atomic E-state index is 11.1. The number of nitrogen functional groups attached to an aromatic ring is 1. The van der Waals surface area contributed by atoms with Crippen molar-refractivity contribution in [2.75, 3.05) is 5.73 Å². The first-order valence-electron chi connectivity index (χ1n) is 3.72. The van der Waals surface area contributed by atoms with Gasteiger partial charge in [-0.1, -0.05) is 28.1 Å². The lowest BCUT2D eigenvalue weighted by atomic mass is 10.1. The van der Waals surface area contributed by atoms with E-state index in [4.69, 9.17) is 5.73 Å². The first kappa shape index (κ1) is 10.7.